The van der Waals surface area contributed by atoms with Crippen molar-refractivity contribution in [1.82, 2.24) is 4.90 Å². The molecule has 0 aliphatic carbocycles. The third-order valence-electron chi connectivity index (χ3n) is 5.94. The van der Waals surface area contributed by atoms with Crippen LogP contribution in [-0.4, -0.2) is 37.1 Å². The molecule has 4 rings (SSSR count). The van der Waals surface area contributed by atoms with E-state index >= 15 is 0 Å². The molecule has 2 heterocycles. The molecule has 142 valence electrons. The Bertz CT molecular complexity index is 822. The monoisotopic (exact) mass is 369 g/mol. The third-order valence-corrected chi connectivity index (χ3v) is 5.94. The second-order valence-corrected chi connectivity index (χ2v) is 7.39. The number of hydrogen-bond acceptors (Lipinski definition) is 3. The molecule has 0 spiro atoms. The van der Waals surface area contributed by atoms with Crippen molar-refractivity contribution in [3.05, 3.63) is 59.4 Å². The van der Waals surface area contributed by atoms with E-state index in [0.29, 0.717) is 23.0 Å². The molecule has 2 unspecified atom stereocenters. The lowest BCUT2D eigenvalue weighted by molar-refractivity contribution is 0.0571. The Balaban J connectivity index is 1.54. The van der Waals surface area contributed by atoms with E-state index in [9.17, 15) is 9.18 Å². The average molecular weight is 369 g/mol. The van der Waals surface area contributed by atoms with E-state index in [-0.39, 0.29) is 23.8 Å². The Morgan fingerprint density at radius 1 is 0.963 bits per heavy atom. The summed E-state index contributed by atoms with van der Waals surface area (Å²) < 4.78 is 23.8. The number of amides is 1. The van der Waals surface area contributed by atoms with Crippen LogP contribution in [0, 0.1) is 5.82 Å². The highest BCUT2D eigenvalue weighted by Gasteiger charge is 2.43. The minimum absolute atomic E-state index is 0.0565. The lowest BCUT2D eigenvalue weighted by Crippen LogP contribution is -2.46. The highest BCUT2D eigenvalue weighted by Crippen LogP contribution is 2.44. The van der Waals surface area contributed by atoms with Gasteiger partial charge >= 0.3 is 0 Å². The van der Waals surface area contributed by atoms with Crippen LogP contribution in [0.3, 0.4) is 0 Å². The molecule has 2 atom stereocenters. The van der Waals surface area contributed by atoms with E-state index < -0.39 is 0 Å². The van der Waals surface area contributed by atoms with Crippen molar-refractivity contribution in [3.8, 4) is 11.5 Å². The maximum Gasteiger partial charge on any atom is 0.254 e. The van der Waals surface area contributed by atoms with Gasteiger partial charge in [-0.1, -0.05) is 12.1 Å². The van der Waals surface area contributed by atoms with Crippen molar-refractivity contribution in [1.29, 1.82) is 0 Å². The van der Waals surface area contributed by atoms with Gasteiger partial charge in [-0.05, 0) is 67.5 Å². The fourth-order valence-corrected chi connectivity index (χ4v) is 4.63. The number of carbonyl (C=O) groups is 1. The molecule has 0 radical (unpaired) electrons. The van der Waals surface area contributed by atoms with Crippen LogP contribution in [0.5, 0.6) is 11.5 Å². The number of rotatable bonds is 4. The van der Waals surface area contributed by atoms with Crippen molar-refractivity contribution in [2.45, 2.75) is 43.7 Å². The second-order valence-electron chi connectivity index (χ2n) is 7.39. The van der Waals surface area contributed by atoms with Crippen molar-refractivity contribution in [2.75, 3.05) is 14.2 Å². The van der Waals surface area contributed by atoms with Crippen molar-refractivity contribution >= 4 is 5.91 Å². The lowest BCUT2D eigenvalue weighted by Gasteiger charge is -2.39. The van der Waals surface area contributed by atoms with Gasteiger partial charge in [0.15, 0.2) is 11.5 Å². The molecule has 4 nitrogen and oxygen atoms in total. The Kier molecular flexibility index (Phi) is 4.77. The highest BCUT2D eigenvalue weighted by atomic mass is 19.1. The molecule has 2 aromatic rings. The molecule has 1 amide bonds. The first-order valence-corrected chi connectivity index (χ1v) is 9.41. The first kappa shape index (κ1) is 17.8. The minimum Gasteiger partial charge on any atom is -0.493 e. The summed E-state index contributed by atoms with van der Waals surface area (Å²) in [4.78, 5) is 15.3. The van der Waals surface area contributed by atoms with Crippen LogP contribution in [0.2, 0.25) is 0 Å². The topological polar surface area (TPSA) is 38.8 Å². The largest absolute Gasteiger partial charge is 0.493 e. The summed E-state index contributed by atoms with van der Waals surface area (Å²) in [7, 11) is 3.16. The van der Waals surface area contributed by atoms with Crippen LogP contribution >= 0.6 is 0 Å². The highest BCUT2D eigenvalue weighted by molar-refractivity contribution is 5.95. The zero-order valence-electron chi connectivity index (χ0n) is 15.7. The molecule has 2 fully saturated rings. The normalized spacial score (nSPS) is 24.0. The maximum atomic E-state index is 13.2. The number of ether oxygens (including phenoxy) is 2. The number of benzene rings is 2. The van der Waals surface area contributed by atoms with Crippen LogP contribution in [0.1, 0.15) is 47.5 Å². The number of piperidine rings is 1. The predicted octanol–water partition coefficient (Wildman–Crippen LogP) is 4.39. The Hall–Kier alpha value is -2.56. The van der Waals surface area contributed by atoms with Crippen LogP contribution in [-0.2, 0) is 0 Å². The molecular weight excluding hydrogens is 345 g/mol. The van der Waals surface area contributed by atoms with Crippen LogP contribution in [0.15, 0.2) is 42.5 Å². The number of hydrogen-bond donors (Lipinski definition) is 0. The van der Waals surface area contributed by atoms with Gasteiger partial charge in [0.1, 0.15) is 5.82 Å². The lowest BCUT2D eigenvalue weighted by atomic mass is 9.85. The van der Waals surface area contributed by atoms with Gasteiger partial charge in [0.2, 0.25) is 0 Å². The molecule has 2 saturated heterocycles. The molecule has 2 bridgehead atoms. The van der Waals surface area contributed by atoms with Gasteiger partial charge in [0, 0.05) is 17.6 Å². The summed E-state index contributed by atoms with van der Waals surface area (Å²) >= 11 is 0. The number of halogens is 1. The van der Waals surface area contributed by atoms with Gasteiger partial charge in [-0.2, -0.15) is 0 Å². The Labute approximate surface area is 158 Å². The van der Waals surface area contributed by atoms with E-state index in [4.69, 9.17) is 9.47 Å². The molecular formula is C22H24FNO3. The first-order chi connectivity index (χ1) is 13.1. The quantitative estimate of drug-likeness (QED) is 0.802. The second kappa shape index (κ2) is 7.22. The minimum atomic E-state index is -0.206. The fraction of sp³-hybridized carbons (Fsp3) is 0.409. The Morgan fingerprint density at radius 2 is 1.59 bits per heavy atom. The summed E-state index contributed by atoms with van der Waals surface area (Å²) in [6.07, 6.45) is 3.92. The van der Waals surface area contributed by atoms with E-state index in [1.54, 1.807) is 32.4 Å². The van der Waals surface area contributed by atoms with Crippen molar-refractivity contribution in [3.63, 3.8) is 0 Å². The molecule has 27 heavy (non-hydrogen) atoms. The van der Waals surface area contributed by atoms with Gasteiger partial charge in [-0.25, -0.2) is 4.39 Å². The van der Waals surface area contributed by atoms with E-state index in [1.165, 1.54) is 17.7 Å². The first-order valence-electron chi connectivity index (χ1n) is 9.41. The fourth-order valence-electron chi connectivity index (χ4n) is 4.63. The van der Waals surface area contributed by atoms with Gasteiger partial charge in [-0.15, -0.1) is 0 Å². The Morgan fingerprint density at radius 3 is 2.19 bits per heavy atom. The van der Waals surface area contributed by atoms with Gasteiger partial charge < -0.3 is 14.4 Å². The van der Waals surface area contributed by atoms with E-state index in [1.807, 2.05) is 12.1 Å². The number of carbonyl (C=O) groups excluding carboxylic acids is 1. The van der Waals surface area contributed by atoms with Crippen LogP contribution in [0.4, 0.5) is 4.39 Å². The molecule has 2 aliphatic heterocycles. The van der Waals surface area contributed by atoms with Crippen LogP contribution < -0.4 is 9.47 Å². The summed E-state index contributed by atoms with van der Waals surface area (Å²) in [5.41, 5.74) is 1.80. The number of nitrogens with zero attached hydrogens (tertiary/aromatic N) is 1. The predicted molar refractivity (Wildman–Crippen MR) is 101 cm³/mol. The van der Waals surface area contributed by atoms with Gasteiger partial charge in [0.05, 0.1) is 14.2 Å². The van der Waals surface area contributed by atoms with Gasteiger partial charge in [0.25, 0.3) is 5.91 Å². The SMILES string of the molecule is COc1ccc(C(=O)N2C3CCC2CC(c2ccc(F)cc2)C3)cc1OC. The van der Waals surface area contributed by atoms with E-state index in [2.05, 4.69) is 4.90 Å². The van der Waals surface area contributed by atoms with E-state index in [0.717, 1.165) is 25.7 Å². The third kappa shape index (κ3) is 3.27. The summed E-state index contributed by atoms with van der Waals surface area (Å²) in [6, 6.07) is 12.6. The zero-order valence-corrected chi connectivity index (χ0v) is 15.7. The summed E-state index contributed by atoms with van der Waals surface area (Å²) in [5, 5.41) is 0. The zero-order chi connectivity index (χ0) is 19.0. The van der Waals surface area contributed by atoms with Gasteiger partial charge in [-0.3, -0.25) is 4.79 Å². The number of fused-ring (bicyclic) bond motifs is 2. The molecule has 0 N–H and O–H groups in total. The maximum absolute atomic E-state index is 13.2. The smallest absolute Gasteiger partial charge is 0.254 e. The molecule has 0 saturated carbocycles. The summed E-state index contributed by atoms with van der Waals surface area (Å²) in [5.74, 6) is 1.42. The van der Waals surface area contributed by atoms with Crippen molar-refractivity contribution in [2.24, 2.45) is 0 Å². The molecule has 0 aromatic heterocycles. The standard InChI is InChI=1S/C22H24FNO3/c1-26-20-10-5-15(13-21(20)27-2)22(25)24-18-8-9-19(24)12-16(11-18)14-3-6-17(23)7-4-14/h3-7,10,13,16,18-19H,8-9,11-12H2,1-2H3. The summed E-state index contributed by atoms with van der Waals surface area (Å²) in [6.45, 7) is 0. The average Bonchev–Trinajstić information content (AvgIpc) is 2.96. The molecule has 5 heteroatoms. The van der Waals surface area contributed by atoms with Crippen LogP contribution in [0.25, 0.3) is 0 Å². The number of methoxy groups -OCH3 is 2. The van der Waals surface area contributed by atoms with Crippen molar-refractivity contribution < 1.29 is 18.7 Å². The molecule has 2 aliphatic rings. The molecule has 2 aromatic carbocycles.